The maximum atomic E-state index is 12.6. The molecule has 2 aliphatic rings. The Balaban J connectivity index is 1.50. The smallest absolute Gasteiger partial charge is 0.226 e. The zero-order chi connectivity index (χ0) is 16.7. The molecule has 2 atom stereocenters. The first-order valence-corrected chi connectivity index (χ1v) is 10.2. The highest BCUT2D eigenvalue weighted by Gasteiger charge is 2.37. The molecule has 4 rings (SSSR count). The SMILES string of the molecule is O=C([C@@H]1CCS(=O)(=O)C1)N1CCC[C@@H](c2nc3ccccc3o2)C1. The molecular weight excluding hydrogens is 328 g/mol. The molecule has 1 aromatic carbocycles. The molecule has 0 N–H and O–H groups in total. The van der Waals surface area contributed by atoms with Gasteiger partial charge in [-0.15, -0.1) is 0 Å². The summed E-state index contributed by atoms with van der Waals surface area (Å²) in [5, 5.41) is 0. The van der Waals surface area contributed by atoms with Crippen LogP contribution < -0.4 is 0 Å². The monoisotopic (exact) mass is 348 g/mol. The number of carbonyl (C=O) groups is 1. The normalized spacial score (nSPS) is 26.8. The molecule has 0 spiro atoms. The van der Waals surface area contributed by atoms with Gasteiger partial charge >= 0.3 is 0 Å². The van der Waals surface area contributed by atoms with Gasteiger partial charge in [-0.2, -0.15) is 0 Å². The van der Waals surface area contributed by atoms with Crippen LogP contribution in [0.15, 0.2) is 28.7 Å². The predicted octanol–water partition coefficient (Wildman–Crippen LogP) is 1.97. The number of fused-ring (bicyclic) bond motifs is 1. The molecule has 6 nitrogen and oxygen atoms in total. The van der Waals surface area contributed by atoms with Gasteiger partial charge in [0.15, 0.2) is 21.3 Å². The number of aromatic nitrogens is 1. The standard InChI is InChI=1S/C17H20N2O4S/c20-17(13-7-9-24(21,22)11-13)19-8-3-4-12(10-19)16-18-14-5-1-2-6-15(14)23-16/h1-2,5-6,12-13H,3-4,7-11H2/t12-,13-/m1/s1. The number of benzene rings is 1. The van der Waals surface area contributed by atoms with Crippen molar-refractivity contribution in [2.75, 3.05) is 24.6 Å². The van der Waals surface area contributed by atoms with Crippen LogP contribution in [0.5, 0.6) is 0 Å². The Bertz CT molecular complexity index is 841. The quantitative estimate of drug-likeness (QED) is 0.829. The molecule has 1 amide bonds. The number of sulfone groups is 1. The van der Waals surface area contributed by atoms with Gasteiger partial charge in [-0.05, 0) is 31.4 Å². The van der Waals surface area contributed by atoms with Gasteiger partial charge in [0.25, 0.3) is 0 Å². The van der Waals surface area contributed by atoms with Crippen molar-refractivity contribution in [1.82, 2.24) is 9.88 Å². The lowest BCUT2D eigenvalue weighted by molar-refractivity contribution is -0.136. The van der Waals surface area contributed by atoms with Crippen LogP contribution in [0.25, 0.3) is 11.1 Å². The van der Waals surface area contributed by atoms with E-state index >= 15 is 0 Å². The van der Waals surface area contributed by atoms with Gasteiger partial charge in [-0.3, -0.25) is 4.79 Å². The van der Waals surface area contributed by atoms with Gasteiger partial charge in [0.05, 0.1) is 23.3 Å². The zero-order valence-corrected chi connectivity index (χ0v) is 14.2. The molecule has 0 radical (unpaired) electrons. The zero-order valence-electron chi connectivity index (χ0n) is 13.3. The highest BCUT2D eigenvalue weighted by molar-refractivity contribution is 7.91. The van der Waals surface area contributed by atoms with Crippen LogP contribution in [0.3, 0.4) is 0 Å². The highest BCUT2D eigenvalue weighted by atomic mass is 32.2. The van der Waals surface area contributed by atoms with Crippen LogP contribution in [0.2, 0.25) is 0 Å². The Hall–Kier alpha value is -1.89. The first-order chi connectivity index (χ1) is 11.5. The Labute approximate surface area is 140 Å². The van der Waals surface area contributed by atoms with Gasteiger partial charge < -0.3 is 9.32 Å². The van der Waals surface area contributed by atoms with Crippen LogP contribution >= 0.6 is 0 Å². The third-order valence-electron chi connectivity index (χ3n) is 4.97. The lowest BCUT2D eigenvalue weighted by Gasteiger charge is -2.32. The predicted molar refractivity (Wildman–Crippen MR) is 89.3 cm³/mol. The number of hydrogen-bond acceptors (Lipinski definition) is 5. The molecule has 128 valence electrons. The van der Waals surface area contributed by atoms with E-state index in [1.54, 1.807) is 4.90 Å². The van der Waals surface area contributed by atoms with Gasteiger partial charge in [0.2, 0.25) is 5.91 Å². The van der Waals surface area contributed by atoms with E-state index in [0.717, 1.165) is 23.9 Å². The molecule has 0 unspecified atom stereocenters. The molecule has 2 saturated heterocycles. The second-order valence-corrected chi connectivity index (χ2v) is 8.97. The number of piperidine rings is 1. The van der Waals surface area contributed by atoms with Gasteiger partial charge in [-0.25, -0.2) is 13.4 Å². The Morgan fingerprint density at radius 2 is 2.08 bits per heavy atom. The van der Waals surface area contributed by atoms with Crippen molar-refractivity contribution in [3.05, 3.63) is 30.2 Å². The third kappa shape index (κ3) is 2.92. The van der Waals surface area contributed by atoms with Crippen molar-refractivity contribution in [2.45, 2.75) is 25.2 Å². The van der Waals surface area contributed by atoms with E-state index in [1.807, 2.05) is 24.3 Å². The van der Waals surface area contributed by atoms with E-state index < -0.39 is 9.84 Å². The summed E-state index contributed by atoms with van der Waals surface area (Å²) in [5.74, 6) is 0.469. The van der Waals surface area contributed by atoms with Crippen LogP contribution in [0.1, 0.15) is 31.1 Å². The summed E-state index contributed by atoms with van der Waals surface area (Å²) in [6, 6.07) is 7.64. The van der Waals surface area contributed by atoms with E-state index in [1.165, 1.54) is 0 Å². The summed E-state index contributed by atoms with van der Waals surface area (Å²) >= 11 is 0. The number of amides is 1. The largest absolute Gasteiger partial charge is 0.440 e. The number of oxazole rings is 1. The van der Waals surface area contributed by atoms with E-state index in [2.05, 4.69) is 4.98 Å². The van der Waals surface area contributed by atoms with E-state index in [9.17, 15) is 13.2 Å². The van der Waals surface area contributed by atoms with E-state index in [-0.39, 0.29) is 29.2 Å². The maximum absolute atomic E-state index is 12.6. The van der Waals surface area contributed by atoms with E-state index in [4.69, 9.17) is 4.42 Å². The molecule has 0 aliphatic carbocycles. The number of hydrogen-bond donors (Lipinski definition) is 0. The number of para-hydroxylation sites is 2. The van der Waals surface area contributed by atoms with Crippen molar-refractivity contribution < 1.29 is 17.6 Å². The second-order valence-electron chi connectivity index (χ2n) is 6.74. The summed E-state index contributed by atoms with van der Waals surface area (Å²) < 4.78 is 29.1. The molecule has 0 bridgehead atoms. The van der Waals surface area contributed by atoms with Gasteiger partial charge in [0.1, 0.15) is 5.52 Å². The van der Waals surface area contributed by atoms with Crippen LogP contribution in [-0.4, -0.2) is 48.8 Å². The lowest BCUT2D eigenvalue weighted by atomic mass is 9.96. The molecule has 2 aliphatic heterocycles. The van der Waals surface area contributed by atoms with Crippen molar-refractivity contribution >= 4 is 26.8 Å². The number of nitrogens with zero attached hydrogens (tertiary/aromatic N) is 2. The van der Waals surface area contributed by atoms with Crippen molar-refractivity contribution in [2.24, 2.45) is 5.92 Å². The fraction of sp³-hybridized carbons (Fsp3) is 0.529. The Morgan fingerprint density at radius 3 is 2.83 bits per heavy atom. The van der Waals surface area contributed by atoms with Crippen LogP contribution in [0.4, 0.5) is 0 Å². The fourth-order valence-corrected chi connectivity index (χ4v) is 5.42. The second kappa shape index (κ2) is 5.88. The summed E-state index contributed by atoms with van der Waals surface area (Å²) in [6.07, 6.45) is 2.26. The minimum absolute atomic E-state index is 0.00408. The molecule has 7 heteroatoms. The fourth-order valence-electron chi connectivity index (χ4n) is 3.69. The minimum Gasteiger partial charge on any atom is -0.440 e. The lowest BCUT2D eigenvalue weighted by Crippen LogP contribution is -2.42. The Morgan fingerprint density at radius 1 is 1.25 bits per heavy atom. The highest BCUT2D eigenvalue weighted by Crippen LogP contribution is 2.30. The average molecular weight is 348 g/mol. The third-order valence-corrected chi connectivity index (χ3v) is 6.74. The summed E-state index contributed by atoms with van der Waals surface area (Å²) in [4.78, 5) is 19.0. The van der Waals surface area contributed by atoms with Crippen LogP contribution in [0, 0.1) is 5.92 Å². The van der Waals surface area contributed by atoms with Gasteiger partial charge in [-0.1, -0.05) is 12.1 Å². The number of rotatable bonds is 2. The molecule has 2 fully saturated rings. The molecule has 3 heterocycles. The minimum atomic E-state index is -3.04. The Kier molecular flexibility index (Phi) is 3.83. The molecule has 24 heavy (non-hydrogen) atoms. The van der Waals surface area contributed by atoms with Crippen LogP contribution in [-0.2, 0) is 14.6 Å². The van der Waals surface area contributed by atoms with Crippen molar-refractivity contribution in [3.8, 4) is 0 Å². The summed E-state index contributed by atoms with van der Waals surface area (Å²) in [5.41, 5.74) is 1.59. The van der Waals surface area contributed by atoms with Crippen molar-refractivity contribution in [1.29, 1.82) is 0 Å². The molecule has 0 saturated carbocycles. The number of likely N-dealkylation sites (tertiary alicyclic amines) is 1. The van der Waals surface area contributed by atoms with Crippen molar-refractivity contribution in [3.63, 3.8) is 0 Å². The van der Waals surface area contributed by atoms with Gasteiger partial charge in [0, 0.05) is 13.1 Å². The first-order valence-electron chi connectivity index (χ1n) is 8.36. The molecular formula is C17H20N2O4S. The molecule has 1 aromatic heterocycles. The first kappa shape index (κ1) is 15.6. The van der Waals surface area contributed by atoms with E-state index in [0.29, 0.717) is 25.4 Å². The summed E-state index contributed by atoms with van der Waals surface area (Å²) in [7, 11) is -3.04. The molecule has 2 aromatic rings. The maximum Gasteiger partial charge on any atom is 0.226 e. The summed E-state index contributed by atoms with van der Waals surface area (Å²) in [6.45, 7) is 1.24. The topological polar surface area (TPSA) is 80.5 Å². The average Bonchev–Trinajstić information content (AvgIpc) is 3.17. The number of carbonyl (C=O) groups excluding carboxylic acids is 1.